The third-order valence-electron chi connectivity index (χ3n) is 3.72. The zero-order valence-corrected chi connectivity index (χ0v) is 13.3. The van der Waals surface area contributed by atoms with Crippen LogP contribution in [0.3, 0.4) is 0 Å². The smallest absolute Gasteiger partial charge is 0.127 e. The van der Waals surface area contributed by atoms with Crippen molar-refractivity contribution in [2.45, 2.75) is 19.8 Å². The number of rotatable bonds is 6. The van der Waals surface area contributed by atoms with Gasteiger partial charge in [0, 0.05) is 4.47 Å². The maximum absolute atomic E-state index is 5.84. The number of ether oxygens (including phenoxy) is 1. The van der Waals surface area contributed by atoms with Crippen LogP contribution in [0.1, 0.15) is 18.4 Å². The van der Waals surface area contributed by atoms with E-state index in [2.05, 4.69) is 34.2 Å². The van der Waals surface area contributed by atoms with Crippen LogP contribution in [0.2, 0.25) is 0 Å². The van der Waals surface area contributed by atoms with Crippen molar-refractivity contribution in [1.82, 2.24) is 0 Å². The van der Waals surface area contributed by atoms with E-state index in [0.29, 0.717) is 0 Å². The first kappa shape index (κ1) is 14.8. The molecule has 1 aliphatic rings. The maximum Gasteiger partial charge on any atom is 0.127 e. The minimum atomic E-state index is 0.835. The lowest BCUT2D eigenvalue weighted by atomic mass is 10.2. The lowest BCUT2D eigenvalue weighted by Crippen LogP contribution is -3.20. The second-order valence-corrected chi connectivity index (χ2v) is 6.25. The van der Waals surface area contributed by atoms with Crippen molar-refractivity contribution in [1.29, 1.82) is 0 Å². The van der Waals surface area contributed by atoms with Crippen LogP contribution in [0.4, 0.5) is 0 Å². The molecular formula is C15H25BrN2O+2. The molecule has 1 heterocycles. The van der Waals surface area contributed by atoms with Gasteiger partial charge in [0.05, 0.1) is 13.2 Å². The van der Waals surface area contributed by atoms with Crippen molar-refractivity contribution in [3.8, 4) is 5.75 Å². The minimum Gasteiger partial charge on any atom is -0.493 e. The number of hydrogen-bond acceptors (Lipinski definition) is 1. The number of aryl methyl sites for hydroxylation is 1. The van der Waals surface area contributed by atoms with Crippen molar-refractivity contribution >= 4 is 15.9 Å². The van der Waals surface area contributed by atoms with E-state index < -0.39 is 0 Å². The van der Waals surface area contributed by atoms with Gasteiger partial charge in [-0.05, 0) is 43.5 Å². The third-order valence-corrected chi connectivity index (χ3v) is 4.22. The molecule has 2 rings (SSSR count). The number of piperazine rings is 1. The zero-order chi connectivity index (χ0) is 13.5. The van der Waals surface area contributed by atoms with E-state index in [4.69, 9.17) is 4.74 Å². The van der Waals surface area contributed by atoms with Crippen molar-refractivity contribution < 1.29 is 15.0 Å². The van der Waals surface area contributed by atoms with Crippen molar-refractivity contribution in [2.24, 2.45) is 0 Å². The van der Waals surface area contributed by atoms with Crippen molar-refractivity contribution in [2.75, 3.05) is 39.3 Å². The van der Waals surface area contributed by atoms with E-state index in [1.807, 2.05) is 12.1 Å². The molecule has 106 valence electrons. The first-order chi connectivity index (χ1) is 9.25. The lowest BCUT2D eigenvalue weighted by Gasteiger charge is -2.22. The second kappa shape index (κ2) is 7.88. The molecule has 0 atom stereocenters. The van der Waals surface area contributed by atoms with E-state index >= 15 is 0 Å². The summed E-state index contributed by atoms with van der Waals surface area (Å²) in [7, 11) is 0. The van der Waals surface area contributed by atoms with Gasteiger partial charge < -0.3 is 15.0 Å². The topological polar surface area (TPSA) is 30.3 Å². The number of benzene rings is 1. The molecule has 0 amide bonds. The molecule has 1 aromatic carbocycles. The van der Waals surface area contributed by atoms with Gasteiger partial charge in [-0.2, -0.15) is 0 Å². The fourth-order valence-corrected chi connectivity index (χ4v) is 3.04. The Kier molecular flexibility index (Phi) is 6.14. The number of nitrogens with two attached hydrogens (primary N) is 1. The molecule has 0 unspecified atom stereocenters. The Morgan fingerprint density at radius 1 is 1.26 bits per heavy atom. The first-order valence-electron chi connectivity index (χ1n) is 7.30. The molecule has 0 radical (unpaired) electrons. The Labute approximate surface area is 124 Å². The maximum atomic E-state index is 5.84. The summed E-state index contributed by atoms with van der Waals surface area (Å²) < 4.78 is 6.96. The molecule has 0 spiro atoms. The van der Waals surface area contributed by atoms with Gasteiger partial charge in [0.2, 0.25) is 0 Å². The quantitative estimate of drug-likeness (QED) is 0.726. The van der Waals surface area contributed by atoms with Crippen LogP contribution in [0.5, 0.6) is 5.75 Å². The molecular weight excluding hydrogens is 304 g/mol. The van der Waals surface area contributed by atoms with Gasteiger partial charge in [0.15, 0.2) is 0 Å². The Bertz CT molecular complexity index is 392. The molecule has 3 N–H and O–H groups in total. The average Bonchev–Trinajstić information content (AvgIpc) is 2.42. The second-order valence-electron chi connectivity index (χ2n) is 5.33. The molecule has 1 aromatic rings. The van der Waals surface area contributed by atoms with Gasteiger partial charge in [-0.25, -0.2) is 0 Å². The summed E-state index contributed by atoms with van der Waals surface area (Å²) in [6.07, 6.45) is 2.42. The fraction of sp³-hybridized carbons (Fsp3) is 0.600. The Hall–Kier alpha value is -0.580. The number of halogens is 1. The SMILES string of the molecule is Cc1cc(Br)ccc1OCCCC[NH+]1CC[NH2+]CC1. The number of hydrogen-bond donors (Lipinski definition) is 2. The van der Waals surface area contributed by atoms with E-state index in [-0.39, 0.29) is 0 Å². The average molecular weight is 329 g/mol. The lowest BCUT2D eigenvalue weighted by molar-refractivity contribution is -0.946. The Morgan fingerprint density at radius 2 is 2.05 bits per heavy atom. The molecule has 0 saturated carbocycles. The van der Waals surface area contributed by atoms with Gasteiger partial charge in [0.25, 0.3) is 0 Å². The van der Waals surface area contributed by atoms with E-state index in [1.54, 1.807) is 4.90 Å². The number of quaternary nitrogens is 2. The molecule has 0 bridgehead atoms. The Balaban J connectivity index is 1.61. The predicted octanol–water partition coefficient (Wildman–Crippen LogP) is 0.378. The predicted molar refractivity (Wildman–Crippen MR) is 80.8 cm³/mol. The highest BCUT2D eigenvalue weighted by Crippen LogP contribution is 2.22. The van der Waals surface area contributed by atoms with Gasteiger partial charge in [-0.1, -0.05) is 15.9 Å². The molecule has 1 aliphatic heterocycles. The fourth-order valence-electron chi connectivity index (χ4n) is 2.57. The first-order valence-corrected chi connectivity index (χ1v) is 8.09. The van der Waals surface area contributed by atoms with Crippen LogP contribution in [-0.4, -0.2) is 39.3 Å². The van der Waals surface area contributed by atoms with Gasteiger partial charge >= 0.3 is 0 Å². The molecule has 0 aliphatic carbocycles. The minimum absolute atomic E-state index is 0.835. The summed E-state index contributed by atoms with van der Waals surface area (Å²) in [6, 6.07) is 6.19. The van der Waals surface area contributed by atoms with E-state index in [9.17, 15) is 0 Å². The highest BCUT2D eigenvalue weighted by molar-refractivity contribution is 9.10. The molecule has 1 fully saturated rings. The summed E-state index contributed by atoms with van der Waals surface area (Å²) in [4.78, 5) is 1.77. The Morgan fingerprint density at radius 3 is 2.79 bits per heavy atom. The molecule has 19 heavy (non-hydrogen) atoms. The van der Waals surface area contributed by atoms with Crippen LogP contribution in [0, 0.1) is 6.92 Å². The summed E-state index contributed by atoms with van der Waals surface area (Å²) in [5.74, 6) is 1.02. The van der Waals surface area contributed by atoms with Gasteiger partial charge in [0.1, 0.15) is 31.9 Å². The van der Waals surface area contributed by atoms with Crippen LogP contribution < -0.4 is 15.0 Å². The van der Waals surface area contributed by atoms with Crippen LogP contribution in [0.25, 0.3) is 0 Å². The van der Waals surface area contributed by atoms with Crippen molar-refractivity contribution in [3.63, 3.8) is 0 Å². The molecule has 3 nitrogen and oxygen atoms in total. The monoisotopic (exact) mass is 328 g/mol. The standard InChI is InChI=1S/C15H23BrN2O/c1-13-12-14(16)4-5-15(13)19-11-3-2-8-18-9-6-17-7-10-18/h4-5,12,17H,2-3,6-11H2,1H3/p+2. The number of nitrogens with one attached hydrogen (secondary N) is 1. The van der Waals surface area contributed by atoms with Gasteiger partial charge in [-0.3, -0.25) is 0 Å². The van der Waals surface area contributed by atoms with Crippen molar-refractivity contribution in [3.05, 3.63) is 28.2 Å². The summed E-state index contributed by atoms with van der Waals surface area (Å²) in [6.45, 7) is 9.47. The van der Waals surface area contributed by atoms with E-state index in [1.165, 1.54) is 44.7 Å². The number of unbranched alkanes of at least 4 members (excludes halogenated alkanes) is 1. The highest BCUT2D eigenvalue weighted by Gasteiger charge is 2.14. The molecule has 1 saturated heterocycles. The van der Waals surface area contributed by atoms with E-state index in [0.717, 1.165) is 23.2 Å². The van der Waals surface area contributed by atoms with Crippen LogP contribution in [0.15, 0.2) is 22.7 Å². The zero-order valence-electron chi connectivity index (χ0n) is 11.8. The molecule has 0 aromatic heterocycles. The summed E-state index contributed by atoms with van der Waals surface area (Å²) in [5.41, 5.74) is 1.20. The highest BCUT2D eigenvalue weighted by atomic mass is 79.9. The van der Waals surface area contributed by atoms with Crippen LogP contribution >= 0.6 is 15.9 Å². The summed E-state index contributed by atoms with van der Waals surface area (Å²) in [5, 5.41) is 2.42. The summed E-state index contributed by atoms with van der Waals surface area (Å²) >= 11 is 3.47. The van der Waals surface area contributed by atoms with Gasteiger partial charge in [-0.15, -0.1) is 0 Å². The third kappa shape index (κ3) is 5.13. The van der Waals surface area contributed by atoms with Crippen LogP contribution in [-0.2, 0) is 0 Å². The largest absolute Gasteiger partial charge is 0.493 e. The normalized spacial score (nSPS) is 16.5. The molecule has 4 heteroatoms.